The standard InChI is InChI=1S/C23H22F5N7O/c24-18(25)12-35-20-16(8-31-35)29-9-19(32-20)33-10-13-1-2-14(11-33)22(13)5-6-34(21(22)36)15-3-4-17(30-7-15)23(26,27)28/h3-4,7-9,13-14,18H,1-2,5-6,10-12H2. The second kappa shape index (κ2) is 8.07. The number of piperidine rings is 1. The average Bonchev–Trinajstić information content (AvgIpc) is 3.44. The highest BCUT2D eigenvalue weighted by Gasteiger charge is 2.62. The molecule has 0 aromatic carbocycles. The first-order chi connectivity index (χ1) is 17.2. The average molecular weight is 507 g/mol. The van der Waals surface area contributed by atoms with Crippen LogP contribution in [0.2, 0.25) is 0 Å². The van der Waals surface area contributed by atoms with E-state index in [1.807, 2.05) is 0 Å². The van der Waals surface area contributed by atoms with E-state index in [1.165, 1.54) is 12.3 Å². The fourth-order valence-corrected chi connectivity index (χ4v) is 6.28. The molecule has 3 aliphatic rings. The van der Waals surface area contributed by atoms with E-state index >= 15 is 0 Å². The molecule has 6 rings (SSSR count). The number of hydrogen-bond acceptors (Lipinski definition) is 6. The van der Waals surface area contributed by atoms with Gasteiger partial charge in [0.25, 0.3) is 6.43 Å². The van der Waals surface area contributed by atoms with Crippen molar-refractivity contribution in [2.24, 2.45) is 17.3 Å². The lowest BCUT2D eigenvalue weighted by Crippen LogP contribution is -2.53. The van der Waals surface area contributed by atoms with Crippen molar-refractivity contribution in [2.75, 3.05) is 29.4 Å². The number of fused-ring (bicyclic) bond motifs is 1. The molecule has 2 atom stereocenters. The molecule has 2 unspecified atom stereocenters. The van der Waals surface area contributed by atoms with Gasteiger partial charge in [-0.3, -0.25) is 4.79 Å². The number of alkyl halides is 5. The number of rotatable bonds is 4. The highest BCUT2D eigenvalue weighted by Crippen LogP contribution is 2.57. The second-order valence-electron chi connectivity index (χ2n) is 9.68. The number of halogens is 5. The van der Waals surface area contributed by atoms with Crippen molar-refractivity contribution in [1.82, 2.24) is 24.7 Å². The quantitative estimate of drug-likeness (QED) is 0.501. The lowest BCUT2D eigenvalue weighted by molar-refractivity contribution is -0.141. The molecule has 36 heavy (non-hydrogen) atoms. The van der Waals surface area contributed by atoms with E-state index in [0.717, 1.165) is 29.8 Å². The van der Waals surface area contributed by atoms with Crippen LogP contribution in [-0.4, -0.2) is 56.7 Å². The number of carbonyl (C=O) groups excluding carboxylic acids is 1. The maximum absolute atomic E-state index is 13.7. The Hall–Kier alpha value is -3.38. The summed E-state index contributed by atoms with van der Waals surface area (Å²) in [5.41, 5.74) is -0.473. The lowest BCUT2D eigenvalue weighted by atomic mass is 9.68. The number of carbonyl (C=O) groups is 1. The van der Waals surface area contributed by atoms with Crippen molar-refractivity contribution < 1.29 is 26.7 Å². The van der Waals surface area contributed by atoms with Gasteiger partial charge in [-0.25, -0.2) is 28.4 Å². The molecule has 190 valence electrons. The number of pyridine rings is 1. The summed E-state index contributed by atoms with van der Waals surface area (Å²) in [5, 5.41) is 3.96. The van der Waals surface area contributed by atoms with Gasteiger partial charge in [-0.2, -0.15) is 18.3 Å². The molecule has 2 saturated heterocycles. The van der Waals surface area contributed by atoms with Crippen LogP contribution in [0.4, 0.5) is 33.5 Å². The Balaban J connectivity index is 1.24. The first kappa shape index (κ1) is 23.0. The number of anilines is 2. The van der Waals surface area contributed by atoms with Gasteiger partial charge in [-0.15, -0.1) is 0 Å². The monoisotopic (exact) mass is 507 g/mol. The minimum absolute atomic E-state index is 0.0413. The fourth-order valence-electron chi connectivity index (χ4n) is 6.28. The molecule has 3 aromatic rings. The minimum atomic E-state index is -4.54. The highest BCUT2D eigenvalue weighted by atomic mass is 19.4. The summed E-state index contributed by atoms with van der Waals surface area (Å²) < 4.78 is 65.7. The maximum atomic E-state index is 13.7. The van der Waals surface area contributed by atoms with Gasteiger partial charge in [0.15, 0.2) is 5.65 Å². The molecule has 5 heterocycles. The Morgan fingerprint density at radius 2 is 1.81 bits per heavy atom. The zero-order valence-electron chi connectivity index (χ0n) is 19.0. The predicted octanol–water partition coefficient (Wildman–Crippen LogP) is 3.77. The first-order valence-electron chi connectivity index (χ1n) is 11.7. The van der Waals surface area contributed by atoms with Gasteiger partial charge in [0.1, 0.15) is 23.6 Å². The van der Waals surface area contributed by atoms with E-state index in [4.69, 9.17) is 0 Å². The van der Waals surface area contributed by atoms with Crippen molar-refractivity contribution >= 4 is 28.6 Å². The smallest absolute Gasteiger partial charge is 0.355 e. The van der Waals surface area contributed by atoms with E-state index in [1.54, 1.807) is 11.1 Å². The zero-order chi connectivity index (χ0) is 25.2. The summed E-state index contributed by atoms with van der Waals surface area (Å²) >= 11 is 0. The van der Waals surface area contributed by atoms with Crippen molar-refractivity contribution in [1.29, 1.82) is 0 Å². The Labute approximate surface area is 202 Å². The molecule has 1 spiro atoms. The molecule has 0 N–H and O–H groups in total. The van der Waals surface area contributed by atoms with E-state index in [0.29, 0.717) is 48.7 Å². The van der Waals surface area contributed by atoms with E-state index < -0.39 is 30.3 Å². The van der Waals surface area contributed by atoms with Crippen LogP contribution in [0.25, 0.3) is 11.2 Å². The van der Waals surface area contributed by atoms with Crippen LogP contribution in [0.1, 0.15) is 25.0 Å². The number of hydrogen-bond donors (Lipinski definition) is 0. The van der Waals surface area contributed by atoms with Gasteiger partial charge in [-0.1, -0.05) is 0 Å². The van der Waals surface area contributed by atoms with Gasteiger partial charge < -0.3 is 9.80 Å². The number of nitrogens with zero attached hydrogens (tertiary/aromatic N) is 7. The minimum Gasteiger partial charge on any atom is -0.355 e. The molecule has 3 aromatic heterocycles. The third-order valence-electron chi connectivity index (χ3n) is 7.91. The van der Waals surface area contributed by atoms with Gasteiger partial charge in [-0.05, 0) is 43.2 Å². The molecule has 13 heteroatoms. The van der Waals surface area contributed by atoms with Crippen LogP contribution in [0.5, 0.6) is 0 Å². The fraction of sp³-hybridized carbons (Fsp3) is 0.522. The van der Waals surface area contributed by atoms with Gasteiger partial charge in [0.2, 0.25) is 5.91 Å². The number of aromatic nitrogens is 5. The third kappa shape index (κ3) is 3.50. The summed E-state index contributed by atoms with van der Waals surface area (Å²) in [6.07, 6.45) is -0.651. The second-order valence-corrected chi connectivity index (χ2v) is 9.68. The summed E-state index contributed by atoms with van der Waals surface area (Å²) in [7, 11) is 0. The molecule has 1 saturated carbocycles. The van der Waals surface area contributed by atoms with Gasteiger partial charge in [0.05, 0.1) is 29.7 Å². The van der Waals surface area contributed by atoms with Crippen LogP contribution >= 0.6 is 0 Å². The largest absolute Gasteiger partial charge is 0.433 e. The molecule has 8 nitrogen and oxygen atoms in total. The Kier molecular flexibility index (Phi) is 5.16. The summed E-state index contributed by atoms with van der Waals surface area (Å²) in [4.78, 5) is 29.7. The molecule has 2 bridgehead atoms. The van der Waals surface area contributed by atoms with Crippen molar-refractivity contribution in [3.05, 3.63) is 36.4 Å². The molecule has 1 amide bonds. The van der Waals surface area contributed by atoms with E-state index in [9.17, 15) is 26.7 Å². The zero-order valence-corrected chi connectivity index (χ0v) is 19.0. The Morgan fingerprint density at radius 3 is 2.44 bits per heavy atom. The Morgan fingerprint density at radius 1 is 1.06 bits per heavy atom. The number of amides is 1. The summed E-state index contributed by atoms with van der Waals surface area (Å²) in [6, 6.07) is 2.20. The van der Waals surface area contributed by atoms with Crippen molar-refractivity contribution in [3.63, 3.8) is 0 Å². The predicted molar refractivity (Wildman–Crippen MR) is 118 cm³/mol. The normalized spacial score (nSPS) is 26.2. The van der Waals surface area contributed by atoms with Gasteiger partial charge in [0, 0.05) is 19.6 Å². The van der Waals surface area contributed by atoms with E-state index in [-0.39, 0.29) is 17.7 Å². The molecular weight excluding hydrogens is 485 g/mol. The third-order valence-corrected chi connectivity index (χ3v) is 7.91. The van der Waals surface area contributed by atoms with Crippen molar-refractivity contribution in [3.8, 4) is 0 Å². The van der Waals surface area contributed by atoms with Crippen LogP contribution in [0.3, 0.4) is 0 Å². The molecule has 2 aliphatic heterocycles. The molecular formula is C23H22F5N7O. The van der Waals surface area contributed by atoms with Gasteiger partial charge >= 0.3 is 6.18 Å². The Bertz CT molecular complexity index is 1290. The van der Waals surface area contributed by atoms with E-state index in [2.05, 4.69) is 25.0 Å². The van der Waals surface area contributed by atoms with Crippen LogP contribution in [0.15, 0.2) is 30.7 Å². The van der Waals surface area contributed by atoms with Crippen LogP contribution in [0, 0.1) is 17.3 Å². The SMILES string of the molecule is O=C1N(c2ccc(C(F)(F)F)nc2)CCC12C1CCC2CN(c2cnc3cnn(CC(F)F)c3n2)C1. The van der Waals surface area contributed by atoms with Crippen LogP contribution in [-0.2, 0) is 17.5 Å². The lowest BCUT2D eigenvalue weighted by Gasteiger charge is -2.44. The summed E-state index contributed by atoms with van der Waals surface area (Å²) in [6.45, 7) is 0.978. The molecule has 3 fully saturated rings. The molecule has 1 aliphatic carbocycles. The van der Waals surface area contributed by atoms with Crippen molar-refractivity contribution in [2.45, 2.75) is 38.4 Å². The first-order valence-corrected chi connectivity index (χ1v) is 11.7. The maximum Gasteiger partial charge on any atom is 0.433 e. The molecule has 0 radical (unpaired) electrons. The summed E-state index contributed by atoms with van der Waals surface area (Å²) in [5.74, 6) is 0.575. The highest BCUT2D eigenvalue weighted by molar-refractivity contribution is 6.00. The topological polar surface area (TPSA) is 80.0 Å². The van der Waals surface area contributed by atoms with Crippen LogP contribution < -0.4 is 9.80 Å².